The number of likely N-dealkylation sites (tertiary alicyclic amines) is 1. The van der Waals surface area contributed by atoms with Gasteiger partial charge in [-0.2, -0.15) is 0 Å². The zero-order valence-corrected chi connectivity index (χ0v) is 16.0. The Labute approximate surface area is 157 Å². The molecule has 2 aliphatic rings. The normalized spacial score (nSPS) is 20.0. The van der Waals surface area contributed by atoms with Gasteiger partial charge in [0.2, 0.25) is 0 Å². The molecule has 0 aliphatic carbocycles. The van der Waals surface area contributed by atoms with Crippen LogP contribution in [0.3, 0.4) is 0 Å². The van der Waals surface area contributed by atoms with Crippen LogP contribution in [-0.2, 0) is 11.2 Å². The molecule has 0 radical (unpaired) electrons. The van der Waals surface area contributed by atoms with E-state index in [0.717, 1.165) is 71.5 Å². The number of nitrogens with zero attached hydrogens (tertiary/aromatic N) is 2. The maximum Gasteiger partial charge on any atom is 0.317 e. The predicted molar refractivity (Wildman–Crippen MR) is 104 cm³/mol. The predicted octanol–water partition coefficient (Wildman–Crippen LogP) is 2.76. The highest BCUT2D eigenvalue weighted by atomic mass is 16.5. The maximum atomic E-state index is 13.0. The zero-order chi connectivity index (χ0) is 18.2. The molecule has 5 nitrogen and oxygen atoms in total. The Morgan fingerprint density at radius 3 is 2.54 bits per heavy atom. The van der Waals surface area contributed by atoms with Crippen molar-refractivity contribution in [1.29, 1.82) is 0 Å². The SMILES string of the molecule is CN1CCC(N(CCc2ccccc2)C(=O)NCC2CCOCC2)CC1. The van der Waals surface area contributed by atoms with Crippen LogP contribution in [0.5, 0.6) is 0 Å². The molecule has 2 fully saturated rings. The largest absolute Gasteiger partial charge is 0.381 e. The van der Waals surface area contributed by atoms with Gasteiger partial charge in [-0.15, -0.1) is 0 Å². The average Bonchev–Trinajstić information content (AvgIpc) is 2.69. The molecular weight excluding hydrogens is 326 g/mol. The quantitative estimate of drug-likeness (QED) is 0.849. The second kappa shape index (κ2) is 9.93. The summed E-state index contributed by atoms with van der Waals surface area (Å²) < 4.78 is 5.42. The molecule has 26 heavy (non-hydrogen) atoms. The summed E-state index contributed by atoms with van der Waals surface area (Å²) in [6.07, 6.45) is 5.15. The summed E-state index contributed by atoms with van der Waals surface area (Å²) in [5.74, 6) is 0.557. The Balaban J connectivity index is 1.56. The Morgan fingerprint density at radius 1 is 1.15 bits per heavy atom. The number of hydrogen-bond donors (Lipinski definition) is 1. The maximum absolute atomic E-state index is 13.0. The number of ether oxygens (including phenoxy) is 1. The number of benzene rings is 1. The van der Waals surface area contributed by atoms with Crippen molar-refractivity contribution in [2.24, 2.45) is 5.92 Å². The van der Waals surface area contributed by atoms with Crippen molar-refractivity contribution < 1.29 is 9.53 Å². The molecule has 2 amide bonds. The van der Waals surface area contributed by atoms with Crippen molar-refractivity contribution in [3.8, 4) is 0 Å². The minimum absolute atomic E-state index is 0.113. The van der Waals surface area contributed by atoms with Crippen molar-refractivity contribution in [2.75, 3.05) is 46.4 Å². The monoisotopic (exact) mass is 359 g/mol. The number of nitrogens with one attached hydrogen (secondary N) is 1. The minimum atomic E-state index is 0.113. The van der Waals surface area contributed by atoms with E-state index in [-0.39, 0.29) is 6.03 Å². The van der Waals surface area contributed by atoms with Gasteiger partial charge in [-0.3, -0.25) is 0 Å². The number of hydrogen-bond acceptors (Lipinski definition) is 3. The molecule has 1 aromatic rings. The van der Waals surface area contributed by atoms with Gasteiger partial charge in [0.25, 0.3) is 0 Å². The van der Waals surface area contributed by atoms with Gasteiger partial charge < -0.3 is 19.9 Å². The third-order valence-corrected chi connectivity index (χ3v) is 5.76. The summed E-state index contributed by atoms with van der Waals surface area (Å²) in [7, 11) is 2.16. The third-order valence-electron chi connectivity index (χ3n) is 5.76. The van der Waals surface area contributed by atoms with Gasteiger partial charge in [0.05, 0.1) is 0 Å². The van der Waals surface area contributed by atoms with Gasteiger partial charge >= 0.3 is 6.03 Å². The van der Waals surface area contributed by atoms with E-state index < -0.39 is 0 Å². The fourth-order valence-corrected chi connectivity index (χ4v) is 3.93. The van der Waals surface area contributed by atoms with Gasteiger partial charge in [0.15, 0.2) is 0 Å². The molecule has 0 spiro atoms. The van der Waals surface area contributed by atoms with Crippen LogP contribution < -0.4 is 5.32 Å². The molecule has 144 valence electrons. The van der Waals surface area contributed by atoms with Gasteiger partial charge in [-0.1, -0.05) is 30.3 Å². The standard InChI is InChI=1S/C21H33N3O2/c1-23-12-8-20(9-13-23)24(14-7-18-5-3-2-4-6-18)21(25)22-17-19-10-15-26-16-11-19/h2-6,19-20H,7-17H2,1H3,(H,22,25). The lowest BCUT2D eigenvalue weighted by Gasteiger charge is -2.37. The van der Waals surface area contributed by atoms with Crippen LogP contribution in [0.25, 0.3) is 0 Å². The molecule has 1 aromatic carbocycles. The highest BCUT2D eigenvalue weighted by Crippen LogP contribution is 2.18. The lowest BCUT2D eigenvalue weighted by molar-refractivity contribution is 0.0656. The summed E-state index contributed by atoms with van der Waals surface area (Å²) in [5, 5.41) is 3.22. The first-order chi connectivity index (χ1) is 12.7. The smallest absolute Gasteiger partial charge is 0.317 e. The van der Waals surface area contributed by atoms with E-state index in [9.17, 15) is 4.79 Å². The summed E-state index contributed by atoms with van der Waals surface area (Å²) in [5.41, 5.74) is 1.29. The highest BCUT2D eigenvalue weighted by molar-refractivity contribution is 5.74. The molecule has 0 aromatic heterocycles. The molecule has 0 saturated carbocycles. The lowest BCUT2D eigenvalue weighted by atomic mass is 10.0. The Bertz CT molecular complexity index is 537. The molecule has 3 rings (SSSR count). The Kier molecular flexibility index (Phi) is 7.32. The van der Waals surface area contributed by atoms with Gasteiger partial charge in [0.1, 0.15) is 0 Å². The van der Waals surface area contributed by atoms with Crippen molar-refractivity contribution in [1.82, 2.24) is 15.1 Å². The first-order valence-corrected chi connectivity index (χ1v) is 10.1. The molecule has 2 heterocycles. The van der Waals surface area contributed by atoms with Crippen LogP contribution in [-0.4, -0.2) is 68.3 Å². The number of amides is 2. The second-order valence-corrected chi connectivity index (χ2v) is 7.71. The zero-order valence-electron chi connectivity index (χ0n) is 16.0. The van der Waals surface area contributed by atoms with Crippen molar-refractivity contribution in [3.05, 3.63) is 35.9 Å². The fourth-order valence-electron chi connectivity index (χ4n) is 3.93. The van der Waals surface area contributed by atoms with E-state index >= 15 is 0 Å². The average molecular weight is 360 g/mol. The molecular formula is C21H33N3O2. The van der Waals surface area contributed by atoms with Crippen LogP contribution in [0.15, 0.2) is 30.3 Å². The van der Waals surface area contributed by atoms with E-state index in [1.807, 2.05) is 6.07 Å². The third kappa shape index (κ3) is 5.71. The summed E-state index contributed by atoms with van der Waals surface area (Å²) in [6.45, 7) is 5.36. The van der Waals surface area contributed by atoms with Crippen LogP contribution in [0, 0.1) is 5.92 Å². The summed E-state index contributed by atoms with van der Waals surface area (Å²) >= 11 is 0. The lowest BCUT2D eigenvalue weighted by Crippen LogP contribution is -2.51. The minimum Gasteiger partial charge on any atom is -0.381 e. The topological polar surface area (TPSA) is 44.8 Å². The number of piperidine rings is 1. The fraction of sp³-hybridized carbons (Fsp3) is 0.667. The number of carbonyl (C=O) groups excluding carboxylic acids is 1. The summed E-state index contributed by atoms with van der Waals surface area (Å²) in [6, 6.07) is 10.9. The van der Waals surface area contributed by atoms with E-state index in [4.69, 9.17) is 4.74 Å². The molecule has 1 N–H and O–H groups in total. The molecule has 2 saturated heterocycles. The van der Waals surface area contributed by atoms with E-state index in [0.29, 0.717) is 12.0 Å². The van der Waals surface area contributed by atoms with Gasteiger partial charge in [-0.25, -0.2) is 4.79 Å². The van der Waals surface area contributed by atoms with Gasteiger partial charge in [0, 0.05) is 32.3 Å². The van der Waals surface area contributed by atoms with Crippen molar-refractivity contribution >= 4 is 6.03 Å². The van der Waals surface area contributed by atoms with Crippen LogP contribution in [0.4, 0.5) is 4.79 Å². The first-order valence-electron chi connectivity index (χ1n) is 10.1. The van der Waals surface area contributed by atoms with Crippen LogP contribution >= 0.6 is 0 Å². The molecule has 0 bridgehead atoms. The Morgan fingerprint density at radius 2 is 1.85 bits per heavy atom. The summed E-state index contributed by atoms with van der Waals surface area (Å²) in [4.78, 5) is 17.4. The van der Waals surface area contributed by atoms with Crippen LogP contribution in [0.2, 0.25) is 0 Å². The second-order valence-electron chi connectivity index (χ2n) is 7.71. The van der Waals surface area contributed by atoms with Crippen molar-refractivity contribution in [2.45, 2.75) is 38.1 Å². The number of rotatable bonds is 6. The van der Waals surface area contributed by atoms with E-state index in [1.54, 1.807) is 0 Å². The van der Waals surface area contributed by atoms with Crippen LogP contribution in [0.1, 0.15) is 31.2 Å². The number of carbonyl (C=O) groups is 1. The Hall–Kier alpha value is -1.59. The molecule has 2 aliphatic heterocycles. The number of urea groups is 1. The van der Waals surface area contributed by atoms with E-state index in [2.05, 4.69) is 46.4 Å². The molecule has 5 heteroatoms. The van der Waals surface area contributed by atoms with E-state index in [1.165, 1.54) is 5.56 Å². The van der Waals surface area contributed by atoms with Gasteiger partial charge in [-0.05, 0) is 63.7 Å². The first kappa shape index (κ1) is 19.2. The highest BCUT2D eigenvalue weighted by Gasteiger charge is 2.27. The molecule has 0 atom stereocenters. The van der Waals surface area contributed by atoms with Crippen molar-refractivity contribution in [3.63, 3.8) is 0 Å². The molecule has 0 unspecified atom stereocenters.